The first-order valence-corrected chi connectivity index (χ1v) is 13.6. The molecule has 0 N–H and O–H groups in total. The SMILES string of the molecule is COc1ccc(S(=O)(=O)N2CCC(C(=O)N3CCN(CC4CCCCC4)CC3)CC2)cc1. The van der Waals surface area contributed by atoms with Crippen molar-refractivity contribution in [1.29, 1.82) is 0 Å². The first kappa shape index (κ1) is 23.5. The number of nitrogens with zero attached hydrogens (tertiary/aromatic N) is 3. The minimum absolute atomic E-state index is 0.0674. The quantitative estimate of drug-likeness (QED) is 0.649. The van der Waals surface area contributed by atoms with Crippen molar-refractivity contribution in [2.24, 2.45) is 11.8 Å². The van der Waals surface area contributed by atoms with Gasteiger partial charge in [0, 0.05) is 51.7 Å². The lowest BCUT2D eigenvalue weighted by Crippen LogP contribution is -2.52. The lowest BCUT2D eigenvalue weighted by atomic mass is 9.89. The number of carbonyl (C=O) groups is 1. The smallest absolute Gasteiger partial charge is 0.243 e. The van der Waals surface area contributed by atoms with Crippen molar-refractivity contribution in [3.8, 4) is 5.75 Å². The molecule has 8 heteroatoms. The second-order valence-electron chi connectivity index (χ2n) is 9.48. The standard InChI is InChI=1S/C24H37N3O4S/c1-31-22-7-9-23(10-8-22)32(29,30)27-13-11-21(12-14-27)24(28)26-17-15-25(16-18-26)19-20-5-3-2-4-6-20/h7-10,20-21H,2-6,11-19H2,1H3. The van der Waals surface area contributed by atoms with Gasteiger partial charge in [0.1, 0.15) is 5.75 Å². The Morgan fingerprint density at radius 1 is 0.906 bits per heavy atom. The van der Waals surface area contributed by atoms with Gasteiger partial charge in [-0.05, 0) is 55.9 Å². The molecule has 2 saturated heterocycles. The van der Waals surface area contributed by atoms with Crippen molar-refractivity contribution >= 4 is 15.9 Å². The molecule has 3 fully saturated rings. The highest BCUT2D eigenvalue weighted by Gasteiger charge is 2.34. The van der Waals surface area contributed by atoms with Crippen LogP contribution in [0.1, 0.15) is 44.9 Å². The van der Waals surface area contributed by atoms with E-state index >= 15 is 0 Å². The zero-order chi connectivity index (χ0) is 22.6. The molecule has 3 aliphatic rings. The van der Waals surface area contributed by atoms with Crippen LogP contribution < -0.4 is 4.74 Å². The minimum atomic E-state index is -3.54. The summed E-state index contributed by atoms with van der Waals surface area (Å²) in [7, 11) is -1.98. The summed E-state index contributed by atoms with van der Waals surface area (Å²) in [6, 6.07) is 6.49. The van der Waals surface area contributed by atoms with Crippen LogP contribution in [0.2, 0.25) is 0 Å². The van der Waals surface area contributed by atoms with E-state index in [0.717, 1.165) is 32.1 Å². The molecule has 1 aromatic rings. The Balaban J connectivity index is 1.24. The van der Waals surface area contributed by atoms with Crippen LogP contribution in [0.15, 0.2) is 29.2 Å². The van der Waals surface area contributed by atoms with Crippen LogP contribution in [0.25, 0.3) is 0 Å². The number of benzene rings is 1. The first-order valence-electron chi connectivity index (χ1n) is 12.1. The van der Waals surface area contributed by atoms with Crippen LogP contribution in [0.5, 0.6) is 5.75 Å². The molecule has 4 rings (SSSR count). The summed E-state index contributed by atoms with van der Waals surface area (Å²) in [5, 5.41) is 0. The number of sulfonamides is 1. The highest BCUT2D eigenvalue weighted by atomic mass is 32.2. The fourth-order valence-electron chi connectivity index (χ4n) is 5.38. The lowest BCUT2D eigenvalue weighted by Gasteiger charge is -2.39. The number of carbonyl (C=O) groups excluding carboxylic acids is 1. The maximum Gasteiger partial charge on any atom is 0.243 e. The van der Waals surface area contributed by atoms with Crippen LogP contribution in [0.3, 0.4) is 0 Å². The van der Waals surface area contributed by atoms with Crippen LogP contribution >= 0.6 is 0 Å². The number of amides is 1. The summed E-state index contributed by atoms with van der Waals surface area (Å²) in [5.41, 5.74) is 0. The maximum absolute atomic E-state index is 13.1. The highest BCUT2D eigenvalue weighted by molar-refractivity contribution is 7.89. The van der Waals surface area contributed by atoms with Gasteiger partial charge in [0.15, 0.2) is 0 Å². The number of ether oxygens (including phenoxy) is 1. The molecule has 0 aromatic heterocycles. The van der Waals surface area contributed by atoms with E-state index in [1.54, 1.807) is 31.4 Å². The molecule has 0 bridgehead atoms. The van der Waals surface area contributed by atoms with Gasteiger partial charge in [-0.15, -0.1) is 0 Å². The lowest BCUT2D eigenvalue weighted by molar-refractivity contribution is -0.138. The van der Waals surface area contributed by atoms with Gasteiger partial charge < -0.3 is 9.64 Å². The van der Waals surface area contributed by atoms with Gasteiger partial charge in [0.2, 0.25) is 15.9 Å². The third-order valence-electron chi connectivity index (χ3n) is 7.43. The van der Waals surface area contributed by atoms with Gasteiger partial charge in [-0.1, -0.05) is 19.3 Å². The molecule has 1 saturated carbocycles. The summed E-state index contributed by atoms with van der Waals surface area (Å²) in [6.07, 6.45) is 8.03. The Hall–Kier alpha value is -1.64. The number of hydrogen-bond donors (Lipinski definition) is 0. The van der Waals surface area contributed by atoms with Crippen molar-refractivity contribution in [3.63, 3.8) is 0 Å². The molecule has 2 aliphatic heterocycles. The van der Waals surface area contributed by atoms with E-state index in [0.29, 0.717) is 31.7 Å². The fraction of sp³-hybridized carbons (Fsp3) is 0.708. The van der Waals surface area contributed by atoms with E-state index in [-0.39, 0.29) is 16.7 Å². The number of piperazine rings is 1. The Labute approximate surface area is 192 Å². The van der Waals surface area contributed by atoms with E-state index in [9.17, 15) is 13.2 Å². The molecule has 32 heavy (non-hydrogen) atoms. The van der Waals surface area contributed by atoms with E-state index < -0.39 is 10.0 Å². The van der Waals surface area contributed by atoms with Crippen molar-refractivity contribution in [2.75, 3.05) is 52.9 Å². The molecule has 7 nitrogen and oxygen atoms in total. The molecule has 178 valence electrons. The zero-order valence-corrected chi connectivity index (χ0v) is 20.1. The van der Waals surface area contributed by atoms with E-state index in [1.807, 2.05) is 4.90 Å². The zero-order valence-electron chi connectivity index (χ0n) is 19.2. The van der Waals surface area contributed by atoms with E-state index in [2.05, 4.69) is 4.90 Å². The topological polar surface area (TPSA) is 70.2 Å². The summed E-state index contributed by atoms with van der Waals surface area (Å²) in [4.78, 5) is 17.9. The first-order chi connectivity index (χ1) is 15.5. The van der Waals surface area contributed by atoms with Crippen LogP contribution in [-0.2, 0) is 14.8 Å². The second-order valence-corrected chi connectivity index (χ2v) is 11.4. The molecule has 0 spiro atoms. The number of methoxy groups -OCH3 is 1. The Kier molecular flexibility index (Phi) is 7.74. The fourth-order valence-corrected chi connectivity index (χ4v) is 6.85. The molecular formula is C24H37N3O4S. The summed E-state index contributed by atoms with van der Waals surface area (Å²) in [5.74, 6) is 1.61. The maximum atomic E-state index is 13.1. The average molecular weight is 464 g/mol. The minimum Gasteiger partial charge on any atom is -0.497 e. The Morgan fingerprint density at radius 2 is 1.53 bits per heavy atom. The number of rotatable bonds is 6. The number of hydrogen-bond acceptors (Lipinski definition) is 5. The molecule has 0 atom stereocenters. The molecule has 1 aliphatic carbocycles. The molecule has 0 radical (unpaired) electrons. The van der Waals surface area contributed by atoms with Crippen LogP contribution in [-0.4, -0.2) is 81.4 Å². The van der Waals surface area contributed by atoms with Crippen LogP contribution in [0, 0.1) is 11.8 Å². The third kappa shape index (κ3) is 5.46. The summed E-state index contributed by atoms with van der Waals surface area (Å²) < 4.78 is 32.5. The molecular weight excluding hydrogens is 426 g/mol. The van der Waals surface area contributed by atoms with Crippen LogP contribution in [0.4, 0.5) is 0 Å². The van der Waals surface area contributed by atoms with E-state index in [1.165, 1.54) is 43.0 Å². The monoisotopic (exact) mass is 463 g/mol. The average Bonchev–Trinajstić information content (AvgIpc) is 2.85. The van der Waals surface area contributed by atoms with Gasteiger partial charge in [-0.3, -0.25) is 9.69 Å². The highest BCUT2D eigenvalue weighted by Crippen LogP contribution is 2.27. The molecule has 0 unspecified atom stereocenters. The van der Waals surface area contributed by atoms with Gasteiger partial charge >= 0.3 is 0 Å². The van der Waals surface area contributed by atoms with Crippen molar-refractivity contribution < 1.29 is 17.9 Å². The molecule has 1 amide bonds. The second kappa shape index (κ2) is 10.5. The predicted octanol–water partition coefficient (Wildman–Crippen LogP) is 2.82. The van der Waals surface area contributed by atoms with E-state index in [4.69, 9.17) is 4.74 Å². The normalized spacial score (nSPS) is 22.7. The van der Waals surface area contributed by atoms with Crippen molar-refractivity contribution in [3.05, 3.63) is 24.3 Å². The Morgan fingerprint density at radius 3 is 2.12 bits per heavy atom. The van der Waals surface area contributed by atoms with Gasteiger partial charge in [-0.2, -0.15) is 4.31 Å². The summed E-state index contributed by atoms with van der Waals surface area (Å²) in [6.45, 7) is 5.51. The molecule has 1 aromatic carbocycles. The van der Waals surface area contributed by atoms with Crippen molar-refractivity contribution in [2.45, 2.75) is 49.8 Å². The van der Waals surface area contributed by atoms with Gasteiger partial charge in [0.05, 0.1) is 12.0 Å². The Bertz CT molecular complexity index is 852. The number of piperidine rings is 1. The van der Waals surface area contributed by atoms with Crippen molar-refractivity contribution in [1.82, 2.24) is 14.1 Å². The predicted molar refractivity (Wildman–Crippen MR) is 124 cm³/mol. The largest absolute Gasteiger partial charge is 0.497 e. The summed E-state index contributed by atoms with van der Waals surface area (Å²) >= 11 is 0. The third-order valence-corrected chi connectivity index (χ3v) is 9.34. The van der Waals surface area contributed by atoms with Gasteiger partial charge in [0.25, 0.3) is 0 Å². The molecule has 2 heterocycles. The van der Waals surface area contributed by atoms with Gasteiger partial charge in [-0.25, -0.2) is 8.42 Å².